The summed E-state index contributed by atoms with van der Waals surface area (Å²) in [4.78, 5) is 21.5. The van der Waals surface area contributed by atoms with Gasteiger partial charge in [-0.25, -0.2) is 0 Å². The fourth-order valence-electron chi connectivity index (χ4n) is 3.01. The van der Waals surface area contributed by atoms with Gasteiger partial charge < -0.3 is 21.1 Å². The molecule has 0 aromatic heterocycles. The molecule has 0 aromatic carbocycles. The Morgan fingerprint density at radius 3 is 1.94 bits per heavy atom. The van der Waals surface area contributed by atoms with E-state index in [1.165, 1.54) is 63.1 Å². The SMILES string of the molecule is CCCCCCCCCCCCC#C[C@@H](SC[C@H](N)C(=O)O)[C@@H](O)CCCC(=O)O.[KH].[KH]. The Kier molecular flexibility index (Phi) is 33.3. The zero-order valence-electron chi connectivity index (χ0n) is 18.5. The van der Waals surface area contributed by atoms with Crippen molar-refractivity contribution < 1.29 is 24.9 Å². The van der Waals surface area contributed by atoms with Crippen molar-refractivity contribution in [3.8, 4) is 11.8 Å². The summed E-state index contributed by atoms with van der Waals surface area (Å²) in [5.74, 6) is 4.33. The third-order valence-electron chi connectivity index (χ3n) is 4.91. The van der Waals surface area contributed by atoms with E-state index in [1.54, 1.807) is 0 Å². The zero-order chi connectivity index (χ0) is 22.6. The molecule has 0 saturated heterocycles. The number of nitrogens with two attached hydrogens (primary N) is 1. The van der Waals surface area contributed by atoms with E-state index in [-0.39, 0.29) is 115 Å². The van der Waals surface area contributed by atoms with Crippen LogP contribution in [-0.2, 0) is 9.59 Å². The number of rotatable bonds is 19. The van der Waals surface area contributed by atoms with Crippen LogP contribution >= 0.6 is 11.8 Å². The monoisotopic (exact) mass is 523 g/mol. The maximum atomic E-state index is 10.9. The second-order valence-electron chi connectivity index (χ2n) is 7.81. The number of carboxylic acid groups (broad SMARTS) is 2. The van der Waals surface area contributed by atoms with Gasteiger partial charge in [-0.2, -0.15) is 0 Å². The third kappa shape index (κ3) is 25.1. The Labute approximate surface area is 284 Å². The molecule has 0 aliphatic carbocycles. The van der Waals surface area contributed by atoms with Gasteiger partial charge in [0.05, 0.1) is 11.4 Å². The Morgan fingerprint density at radius 2 is 1.44 bits per heavy atom. The number of unbranched alkanes of at least 4 members (excludes halogenated alkanes) is 10. The van der Waals surface area contributed by atoms with Gasteiger partial charge in [0.15, 0.2) is 0 Å². The molecule has 3 atom stereocenters. The number of aliphatic hydroxyl groups excluding tert-OH is 1. The van der Waals surface area contributed by atoms with Crippen LogP contribution in [0.3, 0.4) is 0 Å². The Bertz CT molecular complexity index is 528. The van der Waals surface area contributed by atoms with Crippen molar-refractivity contribution in [2.75, 3.05) is 5.75 Å². The fourth-order valence-corrected chi connectivity index (χ4v) is 4.10. The third-order valence-corrected chi connectivity index (χ3v) is 6.25. The van der Waals surface area contributed by atoms with E-state index in [9.17, 15) is 14.7 Å². The molecule has 178 valence electrons. The molecule has 0 heterocycles. The number of hydrogen-bond donors (Lipinski definition) is 4. The van der Waals surface area contributed by atoms with Crippen LogP contribution in [0, 0.1) is 11.8 Å². The van der Waals surface area contributed by atoms with Crippen molar-refractivity contribution in [1.29, 1.82) is 0 Å². The molecule has 6 nitrogen and oxygen atoms in total. The molecule has 0 radical (unpaired) electrons. The van der Waals surface area contributed by atoms with Crippen LogP contribution in [-0.4, -0.2) is 153 Å². The number of aliphatic carboxylic acids is 2. The topological polar surface area (TPSA) is 121 Å². The number of carbonyl (C=O) groups is 2. The molecule has 0 unspecified atom stereocenters. The first-order valence-corrected chi connectivity index (χ1v) is 12.4. The van der Waals surface area contributed by atoms with Gasteiger partial charge in [-0.15, -0.1) is 17.7 Å². The van der Waals surface area contributed by atoms with Crippen LogP contribution in [0.2, 0.25) is 0 Å². The summed E-state index contributed by atoms with van der Waals surface area (Å²) in [6, 6.07) is -1.01. The van der Waals surface area contributed by atoms with E-state index in [1.807, 2.05) is 0 Å². The van der Waals surface area contributed by atoms with Crippen molar-refractivity contribution in [3.63, 3.8) is 0 Å². The Balaban J connectivity index is -0.00000420. The van der Waals surface area contributed by atoms with Crippen molar-refractivity contribution >= 4 is 126 Å². The van der Waals surface area contributed by atoms with Crippen LogP contribution in [0.4, 0.5) is 0 Å². The van der Waals surface area contributed by atoms with Crippen LogP contribution in [0.25, 0.3) is 0 Å². The van der Waals surface area contributed by atoms with Crippen LogP contribution < -0.4 is 5.73 Å². The number of hydrogen-bond acceptors (Lipinski definition) is 5. The molecule has 0 amide bonds. The van der Waals surface area contributed by atoms with Gasteiger partial charge >= 0.3 is 115 Å². The minimum atomic E-state index is -1.08. The quantitative estimate of drug-likeness (QED) is 0.117. The second kappa shape index (κ2) is 27.6. The van der Waals surface area contributed by atoms with Crippen LogP contribution in [0.15, 0.2) is 0 Å². The molecule has 0 aromatic rings. The maximum absolute atomic E-state index is 10.9. The first kappa shape index (κ1) is 38.6. The first-order valence-electron chi connectivity index (χ1n) is 11.4. The van der Waals surface area contributed by atoms with Gasteiger partial charge in [0.25, 0.3) is 0 Å². The van der Waals surface area contributed by atoms with E-state index in [0.29, 0.717) is 12.8 Å². The van der Waals surface area contributed by atoms with E-state index in [2.05, 4.69) is 18.8 Å². The summed E-state index contributed by atoms with van der Waals surface area (Å²) in [5, 5.41) is 27.5. The average Bonchev–Trinajstić information content (AvgIpc) is 2.70. The normalized spacial score (nSPS) is 13.0. The first-order chi connectivity index (χ1) is 14.4. The minimum absolute atomic E-state index is 0. The van der Waals surface area contributed by atoms with Crippen LogP contribution in [0.1, 0.15) is 96.8 Å². The Morgan fingerprint density at radius 1 is 0.906 bits per heavy atom. The van der Waals surface area contributed by atoms with Gasteiger partial charge in [-0.05, 0) is 19.3 Å². The van der Waals surface area contributed by atoms with E-state index in [4.69, 9.17) is 15.9 Å². The molecular weight excluding hydrogens is 481 g/mol. The van der Waals surface area contributed by atoms with E-state index < -0.39 is 29.3 Å². The standard InChI is InChI=1S/C23H41NO5S.2K.2H/c1-2-3-4-5-6-7-8-9-10-11-12-13-16-21(30-18-19(24)23(28)29)20(25)15-14-17-22(26)27;;;;/h19-21,25H,2-12,14-15,17-18,24H2,1H3,(H,26,27)(H,28,29);;;;/t19-,20-,21+;;;;/m0..../s1. The van der Waals surface area contributed by atoms with Gasteiger partial charge in [-0.1, -0.05) is 70.6 Å². The van der Waals surface area contributed by atoms with Crippen molar-refractivity contribution in [1.82, 2.24) is 0 Å². The molecule has 0 aliphatic rings. The fraction of sp³-hybridized carbons (Fsp3) is 0.826. The average molecular weight is 524 g/mol. The van der Waals surface area contributed by atoms with Gasteiger partial charge in [0.2, 0.25) is 0 Å². The number of thioether (sulfide) groups is 1. The summed E-state index contributed by atoms with van der Waals surface area (Å²) in [7, 11) is 0. The Hall–Kier alpha value is 2.04. The van der Waals surface area contributed by atoms with Gasteiger partial charge in [0, 0.05) is 18.6 Å². The molecule has 0 bridgehead atoms. The molecule has 0 rings (SSSR count). The number of aliphatic hydroxyl groups is 1. The van der Waals surface area contributed by atoms with Crippen LogP contribution in [0.5, 0.6) is 0 Å². The van der Waals surface area contributed by atoms with Gasteiger partial charge in [0.1, 0.15) is 6.04 Å². The molecule has 5 N–H and O–H groups in total. The second-order valence-corrected chi connectivity index (χ2v) is 8.98. The molecule has 0 aliphatic heterocycles. The van der Waals surface area contributed by atoms with E-state index in [0.717, 1.165) is 19.3 Å². The predicted molar refractivity (Wildman–Crippen MR) is 138 cm³/mol. The van der Waals surface area contributed by atoms with Gasteiger partial charge in [-0.3, -0.25) is 9.59 Å². The number of carboxylic acids is 2. The molecule has 0 saturated carbocycles. The molecule has 0 fully saturated rings. The summed E-state index contributed by atoms with van der Waals surface area (Å²) in [6.45, 7) is 2.23. The van der Waals surface area contributed by atoms with Crippen molar-refractivity contribution in [2.45, 2.75) is 114 Å². The zero-order valence-corrected chi connectivity index (χ0v) is 19.3. The summed E-state index contributed by atoms with van der Waals surface area (Å²) in [6.07, 6.45) is 13.2. The van der Waals surface area contributed by atoms with Crippen molar-refractivity contribution in [2.24, 2.45) is 5.73 Å². The summed E-state index contributed by atoms with van der Waals surface area (Å²) in [5.41, 5.74) is 5.55. The molecular formula is C23H43K2NO5S. The van der Waals surface area contributed by atoms with E-state index >= 15 is 0 Å². The van der Waals surface area contributed by atoms with Crippen molar-refractivity contribution in [3.05, 3.63) is 0 Å². The molecule has 0 spiro atoms. The summed E-state index contributed by atoms with van der Waals surface area (Å²) >= 11 is 1.23. The predicted octanol–water partition coefficient (Wildman–Crippen LogP) is 3.13. The summed E-state index contributed by atoms with van der Waals surface area (Å²) < 4.78 is 0. The molecule has 9 heteroatoms. The molecule has 32 heavy (non-hydrogen) atoms.